The van der Waals surface area contributed by atoms with Gasteiger partial charge in [-0.1, -0.05) is 0 Å². The van der Waals surface area contributed by atoms with Crippen LogP contribution in [0.25, 0.3) is 12.2 Å². The van der Waals surface area contributed by atoms with Crippen molar-refractivity contribution in [2.24, 2.45) is 0 Å². The topological polar surface area (TPSA) is 0 Å². The SMILES string of the molecule is CCCC[SiH]=[Hf]([CH]1C(C)=Cc2c1cccc2C(C)(C)C)[CH]1C(C)=Cc2c1cccc2C(C)(C)C. The summed E-state index contributed by atoms with van der Waals surface area (Å²) in [6, 6.07) is 15.9. The van der Waals surface area contributed by atoms with E-state index in [0.717, 1.165) is 7.35 Å². The van der Waals surface area contributed by atoms with Gasteiger partial charge in [-0.2, -0.15) is 0 Å². The van der Waals surface area contributed by atoms with Crippen LogP contribution in [0.1, 0.15) is 116 Å². The molecule has 180 valence electrons. The summed E-state index contributed by atoms with van der Waals surface area (Å²) in [5.74, 6) is 0. The van der Waals surface area contributed by atoms with Gasteiger partial charge in [0.2, 0.25) is 0 Å². The van der Waals surface area contributed by atoms with Gasteiger partial charge < -0.3 is 0 Å². The van der Waals surface area contributed by atoms with Crippen molar-refractivity contribution in [2.45, 2.75) is 99.4 Å². The predicted molar refractivity (Wildman–Crippen MR) is 150 cm³/mol. The van der Waals surface area contributed by atoms with Crippen LogP contribution in [-0.2, 0) is 30.9 Å². The Morgan fingerprint density at radius 2 is 1.18 bits per heavy atom. The van der Waals surface area contributed by atoms with Crippen LogP contribution in [0.2, 0.25) is 6.04 Å². The standard InChI is InChI=1S/2C14H17.C4H10Si.Hf/c2*1-10-8-11-6-5-7-13(12(11)9-10)14(2,3)4;1-2-3-4-5;/h2*5-9H,1-4H3;5H,2-4H2,1H3;. The molecule has 0 amide bonds. The Morgan fingerprint density at radius 3 is 1.56 bits per heavy atom. The van der Waals surface area contributed by atoms with Gasteiger partial charge in [-0.05, 0) is 0 Å². The zero-order valence-electron chi connectivity index (χ0n) is 23.0. The molecule has 2 heteroatoms. The normalized spacial score (nSPS) is 19.4. The van der Waals surface area contributed by atoms with E-state index in [-0.39, 0.29) is 10.8 Å². The van der Waals surface area contributed by atoms with E-state index in [1.165, 1.54) is 30.0 Å². The molecule has 0 aliphatic heterocycles. The molecule has 34 heavy (non-hydrogen) atoms. The van der Waals surface area contributed by atoms with Crippen molar-refractivity contribution in [3.05, 3.63) is 80.9 Å². The molecule has 2 aliphatic carbocycles. The van der Waals surface area contributed by atoms with E-state index in [1.54, 1.807) is 33.4 Å². The van der Waals surface area contributed by atoms with Gasteiger partial charge >= 0.3 is 219 Å². The number of fused-ring (bicyclic) bond motifs is 2. The summed E-state index contributed by atoms with van der Waals surface area (Å²) in [6.07, 6.45) is 8.50. The maximum absolute atomic E-state index is 2.59. The van der Waals surface area contributed by atoms with Gasteiger partial charge in [0, 0.05) is 0 Å². The minimum absolute atomic E-state index is 0.189. The molecular weight excluding hydrogens is 591 g/mol. The molecule has 2 unspecified atom stereocenters. The van der Waals surface area contributed by atoms with E-state index in [0.29, 0.717) is 6.22 Å². The molecule has 0 N–H and O–H groups in total. The third-order valence-corrected chi connectivity index (χ3v) is 32.9. The fraction of sp³-hybridized carbons (Fsp3) is 0.500. The molecule has 0 saturated heterocycles. The summed E-state index contributed by atoms with van der Waals surface area (Å²) in [7, 11) is 0. The Bertz CT molecular complexity index is 1090. The van der Waals surface area contributed by atoms with Crippen molar-refractivity contribution in [1.29, 1.82) is 0 Å². The molecule has 0 bridgehead atoms. The molecule has 0 fully saturated rings. The first-order chi connectivity index (χ1) is 15.9. The molecule has 0 heterocycles. The quantitative estimate of drug-likeness (QED) is 0.227. The summed E-state index contributed by atoms with van der Waals surface area (Å²) in [4.78, 5) is 0. The van der Waals surface area contributed by atoms with E-state index in [4.69, 9.17) is 0 Å². The first-order valence-electron chi connectivity index (χ1n) is 13.3. The fourth-order valence-electron chi connectivity index (χ4n) is 6.17. The maximum atomic E-state index is 2.59. The van der Waals surface area contributed by atoms with Gasteiger partial charge in [0.25, 0.3) is 0 Å². The number of hydrogen-bond acceptors (Lipinski definition) is 0. The van der Waals surface area contributed by atoms with Crippen LogP contribution >= 0.6 is 0 Å². The molecule has 0 spiro atoms. The molecule has 2 aromatic carbocycles. The summed E-state index contributed by atoms with van der Waals surface area (Å²) in [5, 5.41) is 0. The molecule has 2 aliphatic rings. The van der Waals surface area contributed by atoms with Gasteiger partial charge in [0.05, 0.1) is 0 Å². The molecular formula is C32H44HfSi. The Balaban J connectivity index is 1.88. The molecule has 2 atom stereocenters. The van der Waals surface area contributed by atoms with Gasteiger partial charge in [0.1, 0.15) is 0 Å². The van der Waals surface area contributed by atoms with Crippen LogP contribution in [0.4, 0.5) is 0 Å². The van der Waals surface area contributed by atoms with E-state index in [1.807, 2.05) is 0 Å². The van der Waals surface area contributed by atoms with E-state index in [2.05, 4.69) is 111 Å². The first kappa shape index (κ1) is 26.1. The van der Waals surface area contributed by atoms with Crippen molar-refractivity contribution >= 4 is 18.4 Å². The molecule has 0 nitrogen and oxygen atoms in total. The Hall–Kier alpha value is -0.993. The second-order valence-corrected chi connectivity index (χ2v) is 31.2. The van der Waals surface area contributed by atoms with Crippen molar-refractivity contribution < 1.29 is 20.1 Å². The summed E-state index contributed by atoms with van der Waals surface area (Å²) < 4.78 is 1.51. The predicted octanol–water partition coefficient (Wildman–Crippen LogP) is 9.09. The average Bonchev–Trinajstić information content (AvgIpc) is 3.25. The third-order valence-electron chi connectivity index (χ3n) is 7.78. The summed E-state index contributed by atoms with van der Waals surface area (Å²) in [5.41, 5.74) is 13.3. The van der Waals surface area contributed by atoms with Gasteiger partial charge in [-0.15, -0.1) is 0 Å². The van der Waals surface area contributed by atoms with E-state index >= 15 is 0 Å². The molecule has 0 radical (unpaired) electrons. The first-order valence-corrected chi connectivity index (χ1v) is 25.0. The number of unbranched alkanes of at least 4 members (excludes halogenated alkanes) is 1. The van der Waals surface area contributed by atoms with Crippen molar-refractivity contribution in [3.63, 3.8) is 0 Å². The Kier molecular flexibility index (Phi) is 7.53. The number of benzene rings is 2. The summed E-state index contributed by atoms with van der Waals surface area (Å²) in [6.45, 7) is 21.5. The summed E-state index contributed by atoms with van der Waals surface area (Å²) >= 11 is -2.15. The molecule has 4 rings (SSSR count). The zero-order chi connectivity index (χ0) is 24.8. The Labute approximate surface area is 217 Å². The van der Waals surface area contributed by atoms with Crippen LogP contribution in [0.5, 0.6) is 0 Å². The van der Waals surface area contributed by atoms with Gasteiger partial charge in [-0.3, -0.25) is 0 Å². The number of allylic oxidation sites excluding steroid dienone is 2. The van der Waals surface area contributed by atoms with Crippen LogP contribution < -0.4 is 0 Å². The van der Waals surface area contributed by atoms with Gasteiger partial charge in [0.15, 0.2) is 0 Å². The fourth-order valence-corrected chi connectivity index (χ4v) is 35.7. The van der Waals surface area contributed by atoms with Crippen molar-refractivity contribution in [3.8, 4) is 0 Å². The van der Waals surface area contributed by atoms with Crippen LogP contribution in [0.3, 0.4) is 0 Å². The third kappa shape index (κ3) is 4.83. The Morgan fingerprint density at radius 1 is 0.735 bits per heavy atom. The monoisotopic (exact) mass is 636 g/mol. The van der Waals surface area contributed by atoms with Crippen molar-refractivity contribution in [1.82, 2.24) is 0 Å². The number of hydrogen-bond donors (Lipinski definition) is 0. The second kappa shape index (κ2) is 9.81. The second-order valence-electron chi connectivity index (χ2n) is 12.6. The van der Waals surface area contributed by atoms with Gasteiger partial charge in [-0.25, -0.2) is 0 Å². The van der Waals surface area contributed by atoms with E-state index in [9.17, 15) is 0 Å². The molecule has 0 saturated carbocycles. The zero-order valence-corrected chi connectivity index (χ0v) is 27.7. The average molecular weight is 635 g/mol. The molecule has 0 aromatic heterocycles. The van der Waals surface area contributed by atoms with Crippen LogP contribution in [0.15, 0.2) is 47.5 Å². The number of rotatable bonds is 5. The van der Waals surface area contributed by atoms with Crippen LogP contribution in [-0.4, -0.2) is 6.22 Å². The minimum atomic E-state index is -2.15. The van der Waals surface area contributed by atoms with Crippen LogP contribution in [0, 0.1) is 0 Å². The molecule has 2 aromatic rings. The van der Waals surface area contributed by atoms with Crippen molar-refractivity contribution in [2.75, 3.05) is 0 Å². The van der Waals surface area contributed by atoms with E-state index < -0.39 is 20.1 Å².